The summed E-state index contributed by atoms with van der Waals surface area (Å²) in [6.45, 7) is 0. The first-order valence-electron chi connectivity index (χ1n) is 6.50. The molecule has 3 aromatic rings. The van der Waals surface area contributed by atoms with Gasteiger partial charge in [-0.2, -0.15) is 8.42 Å². The molecule has 0 atom stereocenters. The molecule has 0 radical (unpaired) electrons. The van der Waals surface area contributed by atoms with Gasteiger partial charge in [-0.15, -0.1) is 0 Å². The van der Waals surface area contributed by atoms with Gasteiger partial charge in [0.25, 0.3) is 0 Å². The average Bonchev–Trinajstić information content (AvgIpc) is 2.87. The summed E-state index contributed by atoms with van der Waals surface area (Å²) in [6.07, 6.45) is 1.66. The zero-order valence-electron chi connectivity index (χ0n) is 12.1. The van der Waals surface area contributed by atoms with Gasteiger partial charge in [-0.25, -0.2) is 4.98 Å². The Morgan fingerprint density at radius 3 is 2.68 bits per heavy atom. The molecule has 2 aromatic carbocycles. The van der Waals surface area contributed by atoms with Gasteiger partial charge in [-0.3, -0.25) is 0 Å². The third-order valence-corrected chi connectivity index (χ3v) is 4.53. The summed E-state index contributed by atoms with van der Waals surface area (Å²) in [6, 6.07) is 11.2. The van der Waals surface area contributed by atoms with Crippen molar-refractivity contribution in [2.45, 2.75) is 4.90 Å². The zero-order chi connectivity index (χ0) is 15.7. The molecule has 0 aliphatic heterocycles. The largest absolute Gasteiger partial charge is 0.495 e. The highest BCUT2D eigenvalue weighted by molar-refractivity contribution is 7.87. The fourth-order valence-electron chi connectivity index (χ4n) is 2.16. The molecule has 0 N–H and O–H groups in total. The summed E-state index contributed by atoms with van der Waals surface area (Å²) in [5.41, 5.74) is 1.55. The van der Waals surface area contributed by atoms with Crippen LogP contribution in [0.3, 0.4) is 0 Å². The van der Waals surface area contributed by atoms with Gasteiger partial charge in [-0.05, 0) is 24.3 Å². The molecular weight excluding hydrogens is 304 g/mol. The van der Waals surface area contributed by atoms with Gasteiger partial charge < -0.3 is 13.5 Å². The van der Waals surface area contributed by atoms with Gasteiger partial charge in [-0.1, -0.05) is 12.1 Å². The number of fused-ring (bicyclic) bond motifs is 1. The number of methoxy groups -OCH3 is 1. The van der Waals surface area contributed by atoms with Crippen LogP contribution in [-0.4, -0.2) is 25.1 Å². The monoisotopic (exact) mass is 318 g/mol. The van der Waals surface area contributed by atoms with Crippen molar-refractivity contribution in [1.82, 2.24) is 9.55 Å². The molecule has 1 aromatic heterocycles. The third kappa shape index (κ3) is 2.50. The Bertz CT molecular complexity index is 932. The fourth-order valence-corrected chi connectivity index (χ4v) is 3.25. The molecular formula is C15H14N2O4S. The summed E-state index contributed by atoms with van der Waals surface area (Å²) in [4.78, 5) is 4.16. The van der Waals surface area contributed by atoms with Crippen molar-refractivity contribution < 1.29 is 17.3 Å². The van der Waals surface area contributed by atoms with Crippen LogP contribution in [0.1, 0.15) is 0 Å². The Kier molecular flexibility index (Phi) is 3.50. The Labute approximate surface area is 128 Å². The number of para-hydroxylation sites is 1. The second-order valence-corrected chi connectivity index (χ2v) is 6.21. The molecule has 0 aliphatic carbocycles. The number of aromatic nitrogens is 2. The van der Waals surface area contributed by atoms with E-state index in [9.17, 15) is 8.42 Å². The van der Waals surface area contributed by atoms with Gasteiger partial charge in [0.2, 0.25) is 0 Å². The maximum absolute atomic E-state index is 12.4. The summed E-state index contributed by atoms with van der Waals surface area (Å²) in [5.74, 6) is 0.443. The smallest absolute Gasteiger partial charge is 0.342 e. The van der Waals surface area contributed by atoms with E-state index >= 15 is 0 Å². The van der Waals surface area contributed by atoms with E-state index in [-0.39, 0.29) is 16.4 Å². The van der Waals surface area contributed by atoms with Crippen molar-refractivity contribution in [3.05, 3.63) is 48.8 Å². The number of benzene rings is 2. The Hall–Kier alpha value is -2.54. The number of hydrogen-bond donors (Lipinski definition) is 0. The van der Waals surface area contributed by atoms with Crippen molar-refractivity contribution in [2.75, 3.05) is 7.11 Å². The third-order valence-electron chi connectivity index (χ3n) is 3.24. The molecule has 22 heavy (non-hydrogen) atoms. The van der Waals surface area contributed by atoms with E-state index in [1.165, 1.54) is 13.2 Å². The number of hydrogen-bond acceptors (Lipinski definition) is 5. The summed E-state index contributed by atoms with van der Waals surface area (Å²) < 4.78 is 36.9. The van der Waals surface area contributed by atoms with Crippen LogP contribution in [0.25, 0.3) is 11.0 Å². The molecule has 114 valence electrons. The molecule has 0 fully saturated rings. The van der Waals surface area contributed by atoms with Crippen molar-refractivity contribution in [1.29, 1.82) is 0 Å². The molecule has 6 nitrogen and oxygen atoms in total. The molecule has 0 saturated carbocycles. The standard InChI is InChI=1S/C15H14N2O4S/c1-17-10-16-12-9-11(7-8-13(12)17)21-22(18,19)15-6-4-3-5-14(15)20-2/h3-10H,1-2H3. The van der Waals surface area contributed by atoms with Crippen molar-refractivity contribution >= 4 is 21.2 Å². The Morgan fingerprint density at radius 1 is 1.14 bits per heavy atom. The van der Waals surface area contributed by atoms with Gasteiger partial charge in [0, 0.05) is 13.1 Å². The molecule has 0 unspecified atom stereocenters. The van der Waals surface area contributed by atoms with Crippen LogP contribution in [0.4, 0.5) is 0 Å². The number of aryl methyl sites for hydroxylation is 1. The molecule has 3 rings (SSSR count). The first kappa shape index (κ1) is 14.4. The lowest BCUT2D eigenvalue weighted by Gasteiger charge is -2.10. The predicted octanol–water partition coefficient (Wildman–Crippen LogP) is 2.35. The Balaban J connectivity index is 1.99. The van der Waals surface area contributed by atoms with Crippen molar-refractivity contribution in [2.24, 2.45) is 7.05 Å². The minimum atomic E-state index is -3.98. The first-order valence-corrected chi connectivity index (χ1v) is 7.91. The first-order chi connectivity index (χ1) is 10.5. The molecule has 0 aliphatic rings. The van der Waals surface area contributed by atoms with E-state index in [2.05, 4.69) is 4.98 Å². The van der Waals surface area contributed by atoms with E-state index < -0.39 is 10.1 Å². The molecule has 0 amide bonds. The lowest BCUT2D eigenvalue weighted by molar-refractivity contribution is 0.398. The van der Waals surface area contributed by atoms with Crippen LogP contribution >= 0.6 is 0 Å². The van der Waals surface area contributed by atoms with Crippen LogP contribution < -0.4 is 8.92 Å². The normalized spacial score (nSPS) is 11.5. The highest BCUT2D eigenvalue weighted by Crippen LogP contribution is 2.27. The number of ether oxygens (including phenoxy) is 1. The van der Waals surface area contributed by atoms with E-state index in [1.807, 2.05) is 11.6 Å². The van der Waals surface area contributed by atoms with E-state index in [1.54, 1.807) is 42.7 Å². The van der Waals surface area contributed by atoms with E-state index in [0.717, 1.165) is 5.52 Å². The lowest BCUT2D eigenvalue weighted by atomic mass is 10.3. The van der Waals surface area contributed by atoms with Gasteiger partial charge in [0.05, 0.1) is 24.5 Å². The average molecular weight is 318 g/mol. The number of imidazole rings is 1. The predicted molar refractivity (Wildman–Crippen MR) is 81.5 cm³/mol. The molecule has 0 saturated heterocycles. The van der Waals surface area contributed by atoms with Crippen molar-refractivity contribution in [3.63, 3.8) is 0 Å². The summed E-state index contributed by atoms with van der Waals surface area (Å²) >= 11 is 0. The summed E-state index contributed by atoms with van der Waals surface area (Å²) in [7, 11) is -0.704. The van der Waals surface area contributed by atoms with Crippen LogP contribution in [0, 0.1) is 0 Å². The number of nitrogens with zero attached hydrogens (tertiary/aromatic N) is 2. The van der Waals surface area contributed by atoms with Crippen LogP contribution in [0.5, 0.6) is 11.5 Å². The van der Waals surface area contributed by atoms with Gasteiger partial charge in [0.15, 0.2) is 0 Å². The second kappa shape index (κ2) is 5.34. The van der Waals surface area contributed by atoms with Gasteiger partial charge >= 0.3 is 10.1 Å². The summed E-state index contributed by atoms with van der Waals surface area (Å²) in [5, 5.41) is 0. The minimum Gasteiger partial charge on any atom is -0.495 e. The molecule has 0 spiro atoms. The quantitative estimate of drug-likeness (QED) is 0.691. The maximum atomic E-state index is 12.4. The molecule has 0 bridgehead atoms. The number of rotatable bonds is 4. The minimum absolute atomic E-state index is 0.0152. The fraction of sp³-hybridized carbons (Fsp3) is 0.133. The topological polar surface area (TPSA) is 70.4 Å². The van der Waals surface area contributed by atoms with E-state index in [0.29, 0.717) is 5.52 Å². The highest BCUT2D eigenvalue weighted by Gasteiger charge is 2.21. The highest BCUT2D eigenvalue weighted by atomic mass is 32.2. The van der Waals surface area contributed by atoms with Crippen LogP contribution in [-0.2, 0) is 17.2 Å². The van der Waals surface area contributed by atoms with E-state index in [4.69, 9.17) is 8.92 Å². The Morgan fingerprint density at radius 2 is 1.91 bits per heavy atom. The zero-order valence-corrected chi connectivity index (χ0v) is 12.9. The van der Waals surface area contributed by atoms with Crippen LogP contribution in [0.15, 0.2) is 53.7 Å². The van der Waals surface area contributed by atoms with Crippen LogP contribution in [0.2, 0.25) is 0 Å². The SMILES string of the molecule is COc1ccccc1S(=O)(=O)Oc1ccc2c(c1)ncn2C. The molecule has 1 heterocycles. The second-order valence-electron chi connectivity index (χ2n) is 4.69. The van der Waals surface area contributed by atoms with Gasteiger partial charge in [0.1, 0.15) is 16.4 Å². The lowest BCUT2D eigenvalue weighted by Crippen LogP contribution is -2.11. The maximum Gasteiger partial charge on any atom is 0.342 e. The molecule has 7 heteroatoms. The van der Waals surface area contributed by atoms with Crippen molar-refractivity contribution in [3.8, 4) is 11.5 Å².